The number of rotatable bonds is 2. The van der Waals surface area contributed by atoms with Crippen LogP contribution >= 0.6 is 11.6 Å². The molecule has 2 aliphatic rings. The lowest BCUT2D eigenvalue weighted by molar-refractivity contribution is 0.0444. The first-order chi connectivity index (χ1) is 9.06. The van der Waals surface area contributed by atoms with Gasteiger partial charge < -0.3 is 4.74 Å². The predicted molar refractivity (Wildman–Crippen MR) is 73.9 cm³/mol. The summed E-state index contributed by atoms with van der Waals surface area (Å²) in [6.45, 7) is 3.67. The van der Waals surface area contributed by atoms with Crippen molar-refractivity contribution >= 4 is 27.0 Å². The Morgan fingerprint density at radius 3 is 2.74 bits per heavy atom. The minimum absolute atomic E-state index is 0.361. The molecule has 1 saturated heterocycles. The third kappa shape index (κ3) is 2.56. The minimum Gasteiger partial charge on any atom is -0.379 e. The zero-order valence-electron chi connectivity index (χ0n) is 10.3. The lowest BCUT2D eigenvalue weighted by atomic mass is 10.1. The smallest absolute Gasteiger partial charge is 0.200 e. The molecule has 1 fully saturated rings. The first kappa shape index (κ1) is 13.1. The van der Waals surface area contributed by atoms with Crippen molar-refractivity contribution in [3.05, 3.63) is 34.2 Å². The van der Waals surface area contributed by atoms with Crippen molar-refractivity contribution in [2.75, 3.05) is 32.8 Å². The molecule has 0 radical (unpaired) electrons. The summed E-state index contributed by atoms with van der Waals surface area (Å²) in [5.41, 5.74) is 1.55. The topological polar surface area (TPSA) is 46.6 Å². The highest BCUT2D eigenvalue weighted by atomic mass is 35.5. The molecule has 4 nitrogen and oxygen atoms in total. The average molecular weight is 300 g/mol. The van der Waals surface area contributed by atoms with Crippen LogP contribution in [0, 0.1) is 0 Å². The molecule has 0 N–H and O–H groups in total. The first-order valence-electron chi connectivity index (χ1n) is 6.12. The van der Waals surface area contributed by atoms with Crippen molar-refractivity contribution < 1.29 is 13.2 Å². The van der Waals surface area contributed by atoms with E-state index in [9.17, 15) is 8.42 Å². The molecule has 0 atom stereocenters. The summed E-state index contributed by atoms with van der Waals surface area (Å²) in [6.07, 6.45) is 0. The number of morpholine rings is 1. The van der Waals surface area contributed by atoms with Crippen molar-refractivity contribution in [2.24, 2.45) is 0 Å². The molecule has 0 aromatic heterocycles. The largest absolute Gasteiger partial charge is 0.379 e. The third-order valence-electron chi connectivity index (χ3n) is 3.39. The van der Waals surface area contributed by atoms with Crippen LogP contribution in [0.1, 0.15) is 5.56 Å². The number of sulfone groups is 1. The molecule has 6 heteroatoms. The van der Waals surface area contributed by atoms with E-state index in [4.69, 9.17) is 16.3 Å². The van der Waals surface area contributed by atoms with Crippen LogP contribution in [-0.2, 0) is 14.6 Å². The fourth-order valence-corrected chi connectivity index (χ4v) is 4.07. The van der Waals surface area contributed by atoms with Crippen LogP contribution in [0.4, 0.5) is 0 Å². The van der Waals surface area contributed by atoms with E-state index in [1.165, 1.54) is 5.41 Å². The Kier molecular flexibility index (Phi) is 3.39. The van der Waals surface area contributed by atoms with Crippen LogP contribution in [0.2, 0.25) is 5.02 Å². The van der Waals surface area contributed by atoms with Crippen molar-refractivity contribution in [1.29, 1.82) is 0 Å². The molecule has 0 saturated carbocycles. The van der Waals surface area contributed by atoms with Gasteiger partial charge in [-0.1, -0.05) is 11.6 Å². The van der Waals surface area contributed by atoms with Gasteiger partial charge in [0, 0.05) is 35.6 Å². The van der Waals surface area contributed by atoms with Crippen molar-refractivity contribution in [3.63, 3.8) is 0 Å². The molecule has 0 unspecified atom stereocenters. The van der Waals surface area contributed by atoms with E-state index in [0.29, 0.717) is 29.7 Å². The zero-order chi connectivity index (χ0) is 13.5. The molecular formula is C13H14ClNO3S. The Morgan fingerprint density at radius 2 is 2.00 bits per heavy atom. The summed E-state index contributed by atoms with van der Waals surface area (Å²) >= 11 is 5.97. The highest BCUT2D eigenvalue weighted by Gasteiger charge is 2.28. The Morgan fingerprint density at radius 1 is 1.26 bits per heavy atom. The van der Waals surface area contributed by atoms with Crippen LogP contribution < -0.4 is 0 Å². The fraction of sp³-hybridized carbons (Fsp3) is 0.385. The van der Waals surface area contributed by atoms with Crippen LogP contribution in [0.15, 0.2) is 28.5 Å². The van der Waals surface area contributed by atoms with Gasteiger partial charge in [-0.15, -0.1) is 0 Å². The summed E-state index contributed by atoms with van der Waals surface area (Å²) < 4.78 is 29.4. The predicted octanol–water partition coefficient (Wildman–Crippen LogP) is 1.80. The molecular weight excluding hydrogens is 286 g/mol. The second-order valence-corrected chi connectivity index (χ2v) is 6.92. The number of hydrogen-bond donors (Lipinski definition) is 0. The fourth-order valence-electron chi connectivity index (χ4n) is 2.44. The van der Waals surface area contributed by atoms with Crippen LogP contribution in [0.5, 0.6) is 0 Å². The summed E-state index contributed by atoms with van der Waals surface area (Å²) in [6, 6.07) is 4.92. The van der Waals surface area contributed by atoms with E-state index in [0.717, 1.165) is 24.2 Å². The number of nitrogens with zero attached hydrogens (tertiary/aromatic N) is 1. The van der Waals surface area contributed by atoms with Gasteiger partial charge in [-0.3, -0.25) is 4.90 Å². The van der Waals surface area contributed by atoms with E-state index >= 15 is 0 Å². The van der Waals surface area contributed by atoms with Crippen LogP contribution in [0.3, 0.4) is 0 Å². The van der Waals surface area contributed by atoms with E-state index in [1.54, 1.807) is 18.2 Å². The lowest BCUT2D eigenvalue weighted by Crippen LogP contribution is -2.37. The second-order valence-electron chi connectivity index (χ2n) is 4.72. The minimum atomic E-state index is -3.30. The number of hydrogen-bond acceptors (Lipinski definition) is 4. The van der Waals surface area contributed by atoms with E-state index in [2.05, 4.69) is 4.90 Å². The van der Waals surface area contributed by atoms with Gasteiger partial charge in [-0.2, -0.15) is 0 Å². The SMILES string of the molecule is O=S1(=O)C=C(CN2CCOCC2)c2cc(Cl)ccc21. The average Bonchev–Trinajstić information content (AvgIpc) is 2.62. The Hall–Kier alpha value is -0.880. The number of benzene rings is 1. The van der Waals surface area contributed by atoms with E-state index < -0.39 is 9.84 Å². The summed E-state index contributed by atoms with van der Waals surface area (Å²) in [5.74, 6) is 0. The standard InChI is InChI=1S/C13H14ClNO3S/c14-11-1-2-13-12(7-11)10(9-19(13,16)17)8-15-3-5-18-6-4-15/h1-2,7,9H,3-6,8H2. The highest BCUT2D eigenvalue weighted by Crippen LogP contribution is 2.35. The summed E-state index contributed by atoms with van der Waals surface area (Å²) in [4.78, 5) is 2.56. The van der Waals surface area contributed by atoms with Crippen LogP contribution in [0.25, 0.3) is 5.57 Å². The third-order valence-corrected chi connectivity index (χ3v) is 5.19. The lowest BCUT2D eigenvalue weighted by Gasteiger charge is -2.27. The quantitative estimate of drug-likeness (QED) is 0.835. The molecule has 0 amide bonds. The molecule has 2 aliphatic heterocycles. The molecule has 0 bridgehead atoms. The number of fused-ring (bicyclic) bond motifs is 1. The Bertz CT molecular complexity index is 633. The van der Waals surface area contributed by atoms with Crippen molar-refractivity contribution in [1.82, 2.24) is 4.90 Å². The van der Waals surface area contributed by atoms with E-state index in [1.807, 2.05) is 0 Å². The maximum absolute atomic E-state index is 12.1. The highest BCUT2D eigenvalue weighted by molar-refractivity contribution is 7.95. The molecule has 0 aliphatic carbocycles. The number of ether oxygens (including phenoxy) is 1. The molecule has 102 valence electrons. The molecule has 19 heavy (non-hydrogen) atoms. The van der Waals surface area contributed by atoms with Gasteiger partial charge in [0.1, 0.15) is 0 Å². The molecule has 3 rings (SSSR count). The van der Waals surface area contributed by atoms with Gasteiger partial charge in [-0.05, 0) is 23.8 Å². The second kappa shape index (κ2) is 4.90. The number of halogens is 1. The van der Waals surface area contributed by atoms with Gasteiger partial charge in [-0.25, -0.2) is 8.42 Å². The molecule has 1 aromatic carbocycles. The van der Waals surface area contributed by atoms with Crippen molar-refractivity contribution in [2.45, 2.75) is 4.90 Å². The monoisotopic (exact) mass is 299 g/mol. The summed E-state index contributed by atoms with van der Waals surface area (Å²) in [7, 11) is -3.30. The maximum atomic E-state index is 12.1. The Labute approximate surface area is 117 Å². The van der Waals surface area contributed by atoms with Gasteiger partial charge in [0.05, 0.1) is 18.1 Å². The molecule has 1 aromatic rings. The normalized spacial score (nSPS) is 22.1. The van der Waals surface area contributed by atoms with E-state index in [-0.39, 0.29) is 0 Å². The van der Waals surface area contributed by atoms with Gasteiger partial charge in [0.15, 0.2) is 0 Å². The molecule has 0 spiro atoms. The first-order valence-corrected chi connectivity index (χ1v) is 8.04. The maximum Gasteiger partial charge on any atom is 0.200 e. The van der Waals surface area contributed by atoms with Crippen molar-refractivity contribution in [3.8, 4) is 0 Å². The molecule has 2 heterocycles. The summed E-state index contributed by atoms with van der Waals surface area (Å²) in [5, 5.41) is 1.92. The Balaban J connectivity index is 1.93. The van der Waals surface area contributed by atoms with Gasteiger partial charge in [0.25, 0.3) is 0 Å². The zero-order valence-corrected chi connectivity index (χ0v) is 11.9. The van der Waals surface area contributed by atoms with Crippen LogP contribution in [-0.4, -0.2) is 46.2 Å². The van der Waals surface area contributed by atoms with Gasteiger partial charge in [0.2, 0.25) is 9.84 Å². The van der Waals surface area contributed by atoms with Gasteiger partial charge >= 0.3 is 0 Å².